The van der Waals surface area contributed by atoms with Gasteiger partial charge in [0.1, 0.15) is 0 Å². The van der Waals surface area contributed by atoms with Crippen molar-refractivity contribution in [2.75, 3.05) is 21.9 Å². The molecule has 0 aliphatic carbocycles. The third-order valence-corrected chi connectivity index (χ3v) is 6.33. The molecular weight excluding hydrogens is 364 g/mol. The lowest BCUT2D eigenvalue weighted by Crippen LogP contribution is -2.25. The van der Waals surface area contributed by atoms with Crippen LogP contribution in [0.4, 0.5) is 11.4 Å². The molecule has 0 spiro atoms. The van der Waals surface area contributed by atoms with Gasteiger partial charge in [-0.1, -0.05) is 30.3 Å². The maximum absolute atomic E-state index is 12.6. The lowest BCUT2D eigenvalue weighted by molar-refractivity contribution is 0.102. The van der Waals surface area contributed by atoms with E-state index < -0.39 is 10.0 Å². The minimum absolute atomic E-state index is 0.175. The summed E-state index contributed by atoms with van der Waals surface area (Å²) in [6, 6.07) is 16.3. The fourth-order valence-corrected chi connectivity index (χ4v) is 4.69. The van der Waals surface area contributed by atoms with E-state index in [0.717, 1.165) is 5.56 Å². The Morgan fingerprint density at radius 2 is 1.81 bits per heavy atom. The summed E-state index contributed by atoms with van der Waals surface area (Å²) in [7, 11) is -3.21. The number of hydrogen-bond donors (Lipinski definition) is 2. The van der Waals surface area contributed by atoms with Crippen molar-refractivity contribution in [3.8, 4) is 11.3 Å². The van der Waals surface area contributed by atoms with E-state index in [0.29, 0.717) is 35.6 Å². The van der Waals surface area contributed by atoms with Crippen LogP contribution in [-0.4, -0.2) is 36.8 Å². The molecule has 8 heteroatoms. The van der Waals surface area contributed by atoms with E-state index in [4.69, 9.17) is 0 Å². The maximum atomic E-state index is 12.6. The summed E-state index contributed by atoms with van der Waals surface area (Å²) in [5, 5.41) is 9.67. The molecular formula is C19H18N4O3S. The second kappa shape index (κ2) is 6.88. The van der Waals surface area contributed by atoms with Crippen LogP contribution < -0.4 is 9.62 Å². The Kier molecular flexibility index (Phi) is 4.41. The molecule has 1 aromatic heterocycles. The van der Waals surface area contributed by atoms with E-state index in [1.165, 1.54) is 10.5 Å². The SMILES string of the molecule is O=C(Nc1ccc(N2CCCS2(=O)=O)cc1)c1cn[nH]c1-c1ccccc1. The van der Waals surface area contributed by atoms with Crippen molar-refractivity contribution in [1.29, 1.82) is 0 Å². The number of rotatable bonds is 4. The molecule has 2 aromatic carbocycles. The third kappa shape index (κ3) is 3.43. The molecule has 138 valence electrons. The highest BCUT2D eigenvalue weighted by Crippen LogP contribution is 2.26. The van der Waals surface area contributed by atoms with Crippen LogP contribution in [-0.2, 0) is 10.0 Å². The Hall–Kier alpha value is -3.13. The van der Waals surface area contributed by atoms with E-state index >= 15 is 0 Å². The summed E-state index contributed by atoms with van der Waals surface area (Å²) >= 11 is 0. The highest BCUT2D eigenvalue weighted by molar-refractivity contribution is 7.93. The average molecular weight is 382 g/mol. The Labute approximate surface area is 157 Å². The second-order valence-corrected chi connectivity index (χ2v) is 8.28. The summed E-state index contributed by atoms with van der Waals surface area (Å²) in [5.74, 6) is -0.113. The summed E-state index contributed by atoms with van der Waals surface area (Å²) in [4.78, 5) is 12.6. The third-order valence-electron chi connectivity index (χ3n) is 4.46. The van der Waals surface area contributed by atoms with Crippen LogP contribution in [0, 0.1) is 0 Å². The topological polar surface area (TPSA) is 95.2 Å². The largest absolute Gasteiger partial charge is 0.322 e. The van der Waals surface area contributed by atoms with Gasteiger partial charge in [0.05, 0.1) is 28.9 Å². The zero-order valence-corrected chi connectivity index (χ0v) is 15.2. The van der Waals surface area contributed by atoms with Crippen LogP contribution in [0.2, 0.25) is 0 Å². The molecule has 1 amide bonds. The van der Waals surface area contributed by atoms with Crippen molar-refractivity contribution in [2.45, 2.75) is 6.42 Å². The first-order valence-corrected chi connectivity index (χ1v) is 10.2. The van der Waals surface area contributed by atoms with Crippen LogP contribution in [0.1, 0.15) is 16.8 Å². The second-order valence-electron chi connectivity index (χ2n) is 6.27. The zero-order chi connectivity index (χ0) is 18.9. The highest BCUT2D eigenvalue weighted by atomic mass is 32.2. The first-order valence-electron chi connectivity index (χ1n) is 8.55. The number of nitrogens with zero attached hydrogens (tertiary/aromatic N) is 2. The number of hydrogen-bond acceptors (Lipinski definition) is 4. The Bertz CT molecular complexity index is 1060. The number of aromatic nitrogens is 2. The number of nitrogens with one attached hydrogen (secondary N) is 2. The molecule has 2 N–H and O–H groups in total. The van der Waals surface area contributed by atoms with Crippen LogP contribution >= 0.6 is 0 Å². The normalized spacial score (nSPS) is 15.6. The molecule has 0 bridgehead atoms. The smallest absolute Gasteiger partial charge is 0.259 e. The van der Waals surface area contributed by atoms with Gasteiger partial charge in [-0.15, -0.1) is 0 Å². The van der Waals surface area contributed by atoms with Crippen molar-refractivity contribution in [3.63, 3.8) is 0 Å². The first-order chi connectivity index (χ1) is 13.0. The number of anilines is 2. The molecule has 0 unspecified atom stereocenters. The van der Waals surface area contributed by atoms with Crippen LogP contribution in [0.15, 0.2) is 60.8 Å². The van der Waals surface area contributed by atoms with Crippen LogP contribution in [0.5, 0.6) is 0 Å². The maximum Gasteiger partial charge on any atom is 0.259 e. The van der Waals surface area contributed by atoms with Gasteiger partial charge in [0.2, 0.25) is 10.0 Å². The van der Waals surface area contributed by atoms with Gasteiger partial charge in [-0.2, -0.15) is 5.10 Å². The van der Waals surface area contributed by atoms with E-state index in [1.54, 1.807) is 24.3 Å². The Morgan fingerprint density at radius 3 is 2.48 bits per heavy atom. The minimum Gasteiger partial charge on any atom is -0.322 e. The molecule has 1 aliphatic heterocycles. The minimum atomic E-state index is -3.21. The molecule has 1 saturated heterocycles. The molecule has 1 aliphatic rings. The number of sulfonamides is 1. The van der Waals surface area contributed by atoms with Crippen molar-refractivity contribution >= 4 is 27.3 Å². The van der Waals surface area contributed by atoms with Crippen LogP contribution in [0.25, 0.3) is 11.3 Å². The monoisotopic (exact) mass is 382 g/mol. The van der Waals surface area contributed by atoms with Crippen molar-refractivity contribution in [3.05, 3.63) is 66.4 Å². The van der Waals surface area contributed by atoms with Gasteiger partial charge in [0.25, 0.3) is 5.91 Å². The van der Waals surface area contributed by atoms with Crippen LogP contribution in [0.3, 0.4) is 0 Å². The van der Waals surface area contributed by atoms with Gasteiger partial charge in [-0.3, -0.25) is 14.2 Å². The summed E-state index contributed by atoms with van der Waals surface area (Å²) < 4.78 is 25.4. The average Bonchev–Trinajstić information content (AvgIpc) is 3.29. The number of carbonyl (C=O) groups excluding carboxylic acids is 1. The lowest BCUT2D eigenvalue weighted by Gasteiger charge is -2.17. The molecule has 3 aromatic rings. The lowest BCUT2D eigenvalue weighted by atomic mass is 10.1. The van der Waals surface area contributed by atoms with Gasteiger partial charge < -0.3 is 5.32 Å². The molecule has 7 nitrogen and oxygen atoms in total. The van der Waals surface area contributed by atoms with Gasteiger partial charge in [0, 0.05) is 17.8 Å². The molecule has 0 saturated carbocycles. The zero-order valence-electron chi connectivity index (χ0n) is 14.4. The van der Waals surface area contributed by atoms with E-state index in [2.05, 4.69) is 15.5 Å². The fraction of sp³-hybridized carbons (Fsp3) is 0.158. The van der Waals surface area contributed by atoms with Gasteiger partial charge in [-0.25, -0.2) is 8.42 Å². The van der Waals surface area contributed by atoms with Gasteiger partial charge >= 0.3 is 0 Å². The highest BCUT2D eigenvalue weighted by Gasteiger charge is 2.28. The predicted octanol–water partition coefficient (Wildman–Crippen LogP) is 2.87. The van der Waals surface area contributed by atoms with Crippen molar-refractivity contribution < 1.29 is 13.2 Å². The standard InChI is InChI=1S/C19H18N4O3S/c24-19(17-13-20-22-18(17)14-5-2-1-3-6-14)21-15-7-9-16(10-8-15)23-11-4-12-27(23,25)26/h1-3,5-10,13H,4,11-12H2,(H,20,22)(H,21,24). The Morgan fingerprint density at radius 1 is 1.07 bits per heavy atom. The quantitative estimate of drug-likeness (QED) is 0.725. The Balaban J connectivity index is 1.52. The molecule has 1 fully saturated rings. The van der Waals surface area contributed by atoms with Crippen molar-refractivity contribution in [1.82, 2.24) is 10.2 Å². The molecule has 0 radical (unpaired) electrons. The van der Waals surface area contributed by atoms with Gasteiger partial charge in [0.15, 0.2) is 0 Å². The summed E-state index contributed by atoms with van der Waals surface area (Å²) in [6.07, 6.45) is 2.12. The number of benzene rings is 2. The number of aromatic amines is 1. The van der Waals surface area contributed by atoms with E-state index in [-0.39, 0.29) is 11.7 Å². The number of carbonyl (C=O) groups is 1. The summed E-state index contributed by atoms with van der Waals surface area (Å²) in [5.41, 5.74) is 3.15. The van der Waals surface area contributed by atoms with Crippen molar-refractivity contribution in [2.24, 2.45) is 0 Å². The molecule has 4 rings (SSSR count). The van der Waals surface area contributed by atoms with E-state index in [1.807, 2.05) is 30.3 Å². The molecule has 27 heavy (non-hydrogen) atoms. The number of amides is 1. The molecule has 0 atom stereocenters. The fourth-order valence-electron chi connectivity index (χ4n) is 3.12. The summed E-state index contributed by atoms with van der Waals surface area (Å²) in [6.45, 7) is 0.490. The van der Waals surface area contributed by atoms with Gasteiger partial charge in [-0.05, 0) is 30.7 Å². The first kappa shape index (κ1) is 17.3. The van der Waals surface area contributed by atoms with E-state index in [9.17, 15) is 13.2 Å². The molecule has 2 heterocycles. The number of H-pyrrole nitrogens is 1. The predicted molar refractivity (Wildman–Crippen MR) is 104 cm³/mol.